The van der Waals surface area contributed by atoms with Gasteiger partial charge in [-0.25, -0.2) is 9.67 Å². The van der Waals surface area contributed by atoms with Gasteiger partial charge in [-0.05, 0) is 13.8 Å². The molecule has 0 aliphatic carbocycles. The molecule has 2 heterocycles. The third-order valence-corrected chi connectivity index (χ3v) is 2.13. The third kappa shape index (κ3) is 1.11. The minimum atomic E-state index is -0.128. The van der Waals surface area contributed by atoms with Gasteiger partial charge in [0.05, 0.1) is 0 Å². The van der Waals surface area contributed by atoms with Crippen LogP contribution in [0.25, 0.3) is 11.2 Å². The molecule has 2 aromatic rings. The van der Waals surface area contributed by atoms with Gasteiger partial charge >= 0.3 is 0 Å². The topological polar surface area (TPSA) is 65.6 Å². The van der Waals surface area contributed by atoms with E-state index in [0.29, 0.717) is 24.3 Å². The molecule has 0 saturated heterocycles. The zero-order chi connectivity index (χ0) is 10.1. The molecule has 0 unspecified atom stereocenters. The zero-order valence-electron chi connectivity index (χ0n) is 8.14. The van der Waals surface area contributed by atoms with Gasteiger partial charge in [0.2, 0.25) is 0 Å². The van der Waals surface area contributed by atoms with Crippen molar-refractivity contribution < 1.29 is 0 Å². The van der Waals surface area contributed by atoms with E-state index in [1.54, 1.807) is 4.68 Å². The van der Waals surface area contributed by atoms with Gasteiger partial charge in [0, 0.05) is 13.1 Å². The lowest BCUT2D eigenvalue weighted by molar-refractivity contribution is 0.639. The minimum Gasteiger partial charge on any atom is -0.297 e. The van der Waals surface area contributed by atoms with Crippen LogP contribution in [-0.2, 0) is 13.1 Å². The van der Waals surface area contributed by atoms with Gasteiger partial charge in [-0.3, -0.25) is 9.36 Å². The average molecular weight is 193 g/mol. The molecule has 2 rings (SSSR count). The summed E-state index contributed by atoms with van der Waals surface area (Å²) < 4.78 is 3.12. The molecule has 14 heavy (non-hydrogen) atoms. The first-order chi connectivity index (χ1) is 6.77. The zero-order valence-corrected chi connectivity index (χ0v) is 8.14. The van der Waals surface area contributed by atoms with Crippen LogP contribution in [0.2, 0.25) is 0 Å². The van der Waals surface area contributed by atoms with Crippen LogP contribution in [0.15, 0.2) is 11.1 Å². The lowest BCUT2D eigenvalue weighted by Crippen LogP contribution is -2.19. The van der Waals surface area contributed by atoms with E-state index in [9.17, 15) is 4.79 Å². The summed E-state index contributed by atoms with van der Waals surface area (Å²) in [6.45, 7) is 5.08. The predicted molar refractivity (Wildman–Crippen MR) is 50.9 cm³/mol. The monoisotopic (exact) mass is 193 g/mol. The molecule has 0 spiro atoms. The van der Waals surface area contributed by atoms with E-state index < -0.39 is 0 Å². The van der Waals surface area contributed by atoms with E-state index >= 15 is 0 Å². The molecule has 6 nitrogen and oxygen atoms in total. The van der Waals surface area contributed by atoms with Crippen LogP contribution in [0.4, 0.5) is 0 Å². The Kier molecular flexibility index (Phi) is 2.03. The molecule has 0 radical (unpaired) electrons. The number of hydrogen-bond acceptors (Lipinski definition) is 4. The van der Waals surface area contributed by atoms with E-state index in [2.05, 4.69) is 15.3 Å². The molecule has 0 aliphatic rings. The lowest BCUT2D eigenvalue weighted by Gasteiger charge is -1.99. The smallest absolute Gasteiger partial charge is 0.283 e. The van der Waals surface area contributed by atoms with Gasteiger partial charge in [0.25, 0.3) is 5.56 Å². The Morgan fingerprint density at radius 3 is 2.79 bits per heavy atom. The number of hydrogen-bond donors (Lipinski definition) is 0. The molecule has 0 amide bonds. The molecular formula is C8H11N5O. The SMILES string of the molecule is CCn1cnc2c(nnn2CC)c1=O. The number of rotatable bonds is 2. The normalized spacial score (nSPS) is 11.0. The fourth-order valence-electron chi connectivity index (χ4n) is 1.33. The fraction of sp³-hybridized carbons (Fsp3) is 0.500. The number of aryl methyl sites for hydroxylation is 2. The molecule has 0 atom stereocenters. The quantitative estimate of drug-likeness (QED) is 0.674. The van der Waals surface area contributed by atoms with Gasteiger partial charge in [0.15, 0.2) is 11.2 Å². The Balaban J connectivity index is 2.79. The lowest BCUT2D eigenvalue weighted by atomic mass is 10.5. The van der Waals surface area contributed by atoms with Crippen LogP contribution >= 0.6 is 0 Å². The van der Waals surface area contributed by atoms with Gasteiger partial charge in [-0.15, -0.1) is 5.10 Å². The molecule has 2 aromatic heterocycles. The number of aromatic nitrogens is 5. The summed E-state index contributed by atoms with van der Waals surface area (Å²) in [4.78, 5) is 15.8. The standard InChI is InChI=1S/C8H11N5O/c1-3-12-5-9-7-6(8(12)14)10-11-13(7)4-2/h5H,3-4H2,1-2H3. The third-order valence-electron chi connectivity index (χ3n) is 2.13. The minimum absolute atomic E-state index is 0.128. The summed E-state index contributed by atoms with van der Waals surface area (Å²) in [7, 11) is 0. The van der Waals surface area contributed by atoms with E-state index in [4.69, 9.17) is 0 Å². The van der Waals surface area contributed by atoms with Crippen molar-refractivity contribution in [1.82, 2.24) is 24.5 Å². The Morgan fingerprint density at radius 2 is 2.14 bits per heavy atom. The van der Waals surface area contributed by atoms with Crippen molar-refractivity contribution in [1.29, 1.82) is 0 Å². The van der Waals surface area contributed by atoms with Crippen LogP contribution in [-0.4, -0.2) is 24.5 Å². The highest BCUT2D eigenvalue weighted by atomic mass is 16.1. The summed E-state index contributed by atoms with van der Waals surface area (Å²) >= 11 is 0. The Labute approximate surface area is 80.2 Å². The molecule has 6 heteroatoms. The number of fused-ring (bicyclic) bond motifs is 1. The summed E-state index contributed by atoms with van der Waals surface area (Å²) in [6.07, 6.45) is 1.53. The second-order valence-electron chi connectivity index (χ2n) is 2.91. The number of nitrogens with zero attached hydrogens (tertiary/aromatic N) is 5. The van der Waals surface area contributed by atoms with Gasteiger partial charge in [-0.1, -0.05) is 5.21 Å². The maximum Gasteiger partial charge on any atom is 0.283 e. The van der Waals surface area contributed by atoms with Crippen molar-refractivity contribution in [3.63, 3.8) is 0 Å². The van der Waals surface area contributed by atoms with Crippen molar-refractivity contribution in [2.24, 2.45) is 0 Å². The van der Waals surface area contributed by atoms with Gasteiger partial charge < -0.3 is 0 Å². The highest BCUT2D eigenvalue weighted by Crippen LogP contribution is 2.00. The summed E-state index contributed by atoms with van der Waals surface area (Å²) in [5.74, 6) is 0. The fourth-order valence-corrected chi connectivity index (χ4v) is 1.33. The maximum absolute atomic E-state index is 11.7. The van der Waals surface area contributed by atoms with Crippen molar-refractivity contribution in [3.05, 3.63) is 16.7 Å². The molecule has 0 aromatic carbocycles. The van der Waals surface area contributed by atoms with Crippen LogP contribution in [0.5, 0.6) is 0 Å². The predicted octanol–water partition coefficient (Wildman–Crippen LogP) is 0.0278. The van der Waals surface area contributed by atoms with Crippen LogP contribution in [0.1, 0.15) is 13.8 Å². The van der Waals surface area contributed by atoms with Crippen LogP contribution < -0.4 is 5.56 Å². The van der Waals surface area contributed by atoms with Gasteiger partial charge in [-0.2, -0.15) is 0 Å². The largest absolute Gasteiger partial charge is 0.297 e. The Hall–Kier alpha value is -1.72. The Bertz CT molecular complexity index is 512. The molecule has 0 saturated carbocycles. The van der Waals surface area contributed by atoms with E-state index in [1.807, 2.05) is 13.8 Å². The first-order valence-corrected chi connectivity index (χ1v) is 4.56. The van der Waals surface area contributed by atoms with E-state index in [-0.39, 0.29) is 5.56 Å². The molecule has 0 N–H and O–H groups in total. The highest BCUT2D eigenvalue weighted by Gasteiger charge is 2.09. The molecule has 0 aliphatic heterocycles. The molecule has 74 valence electrons. The summed E-state index contributed by atoms with van der Waals surface area (Å²) in [5, 5.41) is 7.66. The summed E-state index contributed by atoms with van der Waals surface area (Å²) in [5.41, 5.74) is 0.774. The van der Waals surface area contributed by atoms with Crippen LogP contribution in [0, 0.1) is 0 Å². The Morgan fingerprint density at radius 1 is 1.36 bits per heavy atom. The summed E-state index contributed by atoms with van der Waals surface area (Å²) in [6, 6.07) is 0. The molecular weight excluding hydrogens is 182 g/mol. The van der Waals surface area contributed by atoms with E-state index in [1.165, 1.54) is 10.9 Å². The molecule has 0 bridgehead atoms. The van der Waals surface area contributed by atoms with Crippen molar-refractivity contribution in [3.8, 4) is 0 Å². The van der Waals surface area contributed by atoms with E-state index in [0.717, 1.165) is 0 Å². The second kappa shape index (κ2) is 3.21. The van der Waals surface area contributed by atoms with Crippen molar-refractivity contribution in [2.75, 3.05) is 0 Å². The second-order valence-corrected chi connectivity index (χ2v) is 2.91. The molecule has 0 fully saturated rings. The average Bonchev–Trinajstić information content (AvgIpc) is 2.62. The van der Waals surface area contributed by atoms with Crippen LogP contribution in [0.3, 0.4) is 0 Å². The highest BCUT2D eigenvalue weighted by molar-refractivity contribution is 5.67. The first-order valence-electron chi connectivity index (χ1n) is 4.56. The van der Waals surface area contributed by atoms with Crippen molar-refractivity contribution >= 4 is 11.2 Å². The van der Waals surface area contributed by atoms with Crippen molar-refractivity contribution in [2.45, 2.75) is 26.9 Å². The first kappa shape index (κ1) is 8.86. The maximum atomic E-state index is 11.7. The van der Waals surface area contributed by atoms with Gasteiger partial charge in [0.1, 0.15) is 6.33 Å².